The Labute approximate surface area is 204 Å². The molecule has 4 heteroatoms. The second-order valence-electron chi connectivity index (χ2n) is 8.65. The molecule has 3 rings (SSSR count). The normalized spacial score (nSPS) is 13.8. The first-order chi connectivity index (χ1) is 16.6. The van der Waals surface area contributed by atoms with Gasteiger partial charge >= 0.3 is 0 Å². The highest BCUT2D eigenvalue weighted by Gasteiger charge is 2.43. The van der Waals surface area contributed by atoms with Crippen molar-refractivity contribution in [1.29, 1.82) is 0 Å². The maximum Gasteiger partial charge on any atom is 0.126 e. The fraction of sp³-hybridized carbons (Fsp3) is 0.400. The third-order valence-corrected chi connectivity index (χ3v) is 6.38. The summed E-state index contributed by atoms with van der Waals surface area (Å²) in [4.78, 5) is 0. The predicted molar refractivity (Wildman–Crippen MR) is 140 cm³/mol. The average Bonchev–Trinajstić information content (AvgIpc) is 2.89. The molecule has 0 aliphatic rings. The number of para-hydroxylation sites is 1. The van der Waals surface area contributed by atoms with E-state index in [0.717, 1.165) is 35.4 Å². The van der Waals surface area contributed by atoms with Crippen molar-refractivity contribution in [2.24, 2.45) is 0 Å². The molecule has 0 aliphatic carbocycles. The molecule has 0 saturated carbocycles. The molecule has 34 heavy (non-hydrogen) atoms. The van der Waals surface area contributed by atoms with Crippen LogP contribution in [0.2, 0.25) is 0 Å². The lowest BCUT2D eigenvalue weighted by Crippen LogP contribution is -2.41. The molecule has 0 heterocycles. The molecule has 2 N–H and O–H groups in total. The van der Waals surface area contributed by atoms with Crippen LogP contribution in [0.1, 0.15) is 62.1 Å². The van der Waals surface area contributed by atoms with Gasteiger partial charge in [-0.05, 0) is 49.2 Å². The summed E-state index contributed by atoms with van der Waals surface area (Å²) < 4.78 is 11.4. The van der Waals surface area contributed by atoms with Gasteiger partial charge in [0.1, 0.15) is 17.1 Å². The molecular formula is C30H39NO3. The minimum absolute atomic E-state index is 0.228. The third kappa shape index (κ3) is 6.19. The van der Waals surface area contributed by atoms with Crippen molar-refractivity contribution in [3.05, 3.63) is 95.6 Å². The van der Waals surface area contributed by atoms with E-state index in [1.54, 1.807) is 7.11 Å². The van der Waals surface area contributed by atoms with Crippen LogP contribution in [0, 0.1) is 0 Å². The molecule has 0 amide bonds. The molecule has 182 valence electrons. The van der Waals surface area contributed by atoms with E-state index in [0.29, 0.717) is 18.9 Å². The molecular weight excluding hydrogens is 422 g/mol. The van der Waals surface area contributed by atoms with E-state index >= 15 is 0 Å². The molecule has 4 nitrogen and oxygen atoms in total. The number of unbranched alkanes of at least 4 members (excludes halogenated alkanes) is 3. The molecule has 0 aliphatic heterocycles. The molecule has 0 spiro atoms. The van der Waals surface area contributed by atoms with E-state index in [1.165, 1.54) is 19.3 Å². The molecule has 0 saturated heterocycles. The summed E-state index contributed by atoms with van der Waals surface area (Å²) in [7, 11) is 1.65. The summed E-state index contributed by atoms with van der Waals surface area (Å²) in [6, 6.07) is 25.8. The highest BCUT2D eigenvalue weighted by atomic mass is 16.5. The topological polar surface area (TPSA) is 50.7 Å². The molecule has 2 unspecified atom stereocenters. The first kappa shape index (κ1) is 25.8. The Bertz CT molecular complexity index is 974. The number of hydrogen-bond donors (Lipinski definition) is 2. The average molecular weight is 462 g/mol. The summed E-state index contributed by atoms with van der Waals surface area (Å²) in [5.74, 6) is 1.23. The van der Waals surface area contributed by atoms with Gasteiger partial charge in [-0.2, -0.15) is 0 Å². The van der Waals surface area contributed by atoms with Crippen LogP contribution in [0.15, 0.2) is 78.9 Å². The molecule has 0 radical (unpaired) electrons. The van der Waals surface area contributed by atoms with Crippen molar-refractivity contribution < 1.29 is 14.6 Å². The molecule has 0 aromatic heterocycles. The second-order valence-corrected chi connectivity index (χ2v) is 8.65. The van der Waals surface area contributed by atoms with E-state index in [4.69, 9.17) is 9.47 Å². The monoisotopic (exact) mass is 461 g/mol. The highest BCUT2D eigenvalue weighted by molar-refractivity contribution is 5.49. The first-order valence-electron chi connectivity index (χ1n) is 12.5. The Hall–Kier alpha value is -2.82. The van der Waals surface area contributed by atoms with Gasteiger partial charge in [0.25, 0.3) is 0 Å². The first-order valence-corrected chi connectivity index (χ1v) is 12.5. The summed E-state index contributed by atoms with van der Waals surface area (Å²) in [6.45, 7) is 6.36. The number of methoxy groups -OCH3 is 1. The third-order valence-electron chi connectivity index (χ3n) is 6.38. The molecule has 3 aromatic rings. The van der Waals surface area contributed by atoms with Crippen molar-refractivity contribution in [2.75, 3.05) is 26.8 Å². The van der Waals surface area contributed by atoms with Gasteiger partial charge in [-0.1, -0.05) is 86.8 Å². The SMILES string of the molecule is CCCCCCNCC(c1ccccc1)C(O)(c1ccc(OCC)cc1)c1ccccc1OC. The Morgan fingerprint density at radius 1 is 0.853 bits per heavy atom. The van der Waals surface area contributed by atoms with Crippen molar-refractivity contribution in [3.8, 4) is 11.5 Å². The van der Waals surface area contributed by atoms with Gasteiger partial charge in [-0.15, -0.1) is 0 Å². The largest absolute Gasteiger partial charge is 0.496 e. The summed E-state index contributed by atoms with van der Waals surface area (Å²) in [5, 5.41) is 16.3. The van der Waals surface area contributed by atoms with Crippen LogP contribution in [-0.2, 0) is 5.60 Å². The lowest BCUT2D eigenvalue weighted by atomic mass is 9.72. The summed E-state index contributed by atoms with van der Waals surface area (Å²) >= 11 is 0. The van der Waals surface area contributed by atoms with Crippen LogP contribution in [0.4, 0.5) is 0 Å². The van der Waals surface area contributed by atoms with E-state index in [2.05, 4.69) is 24.4 Å². The van der Waals surface area contributed by atoms with Crippen molar-refractivity contribution in [3.63, 3.8) is 0 Å². The van der Waals surface area contributed by atoms with Crippen LogP contribution in [-0.4, -0.2) is 31.9 Å². The quantitative estimate of drug-likeness (QED) is 0.277. The minimum Gasteiger partial charge on any atom is -0.496 e. The van der Waals surface area contributed by atoms with Crippen molar-refractivity contribution in [2.45, 2.75) is 51.0 Å². The maximum atomic E-state index is 12.7. The second kappa shape index (κ2) is 13.2. The Morgan fingerprint density at radius 3 is 2.24 bits per heavy atom. The Balaban J connectivity index is 2.06. The van der Waals surface area contributed by atoms with Crippen LogP contribution < -0.4 is 14.8 Å². The van der Waals surface area contributed by atoms with E-state index < -0.39 is 5.60 Å². The molecule has 0 bridgehead atoms. The predicted octanol–water partition coefficient (Wildman–Crippen LogP) is 6.28. The Kier molecular flexibility index (Phi) is 9.99. The number of nitrogens with one attached hydrogen (secondary N) is 1. The number of hydrogen-bond acceptors (Lipinski definition) is 4. The van der Waals surface area contributed by atoms with E-state index in [1.807, 2.05) is 73.7 Å². The van der Waals surface area contributed by atoms with Crippen molar-refractivity contribution >= 4 is 0 Å². The van der Waals surface area contributed by atoms with E-state index in [-0.39, 0.29) is 5.92 Å². The van der Waals surface area contributed by atoms with Gasteiger partial charge in [0.15, 0.2) is 0 Å². The fourth-order valence-electron chi connectivity index (χ4n) is 4.59. The summed E-state index contributed by atoms with van der Waals surface area (Å²) in [5.41, 5.74) is 1.33. The van der Waals surface area contributed by atoms with Gasteiger partial charge < -0.3 is 19.9 Å². The van der Waals surface area contributed by atoms with Crippen LogP contribution in [0.5, 0.6) is 11.5 Å². The zero-order chi connectivity index (χ0) is 24.2. The Morgan fingerprint density at radius 2 is 1.56 bits per heavy atom. The fourth-order valence-corrected chi connectivity index (χ4v) is 4.59. The van der Waals surface area contributed by atoms with Gasteiger partial charge in [-0.25, -0.2) is 0 Å². The van der Waals surface area contributed by atoms with Crippen LogP contribution in [0.3, 0.4) is 0 Å². The minimum atomic E-state index is -1.31. The van der Waals surface area contributed by atoms with Crippen LogP contribution >= 0.6 is 0 Å². The standard InChI is InChI=1S/C30H39NO3/c1-4-6-7-13-22-31-23-28(24-14-9-8-10-15-24)30(32,27-16-11-12-17-29(27)33-3)25-18-20-26(21-19-25)34-5-2/h8-12,14-21,28,31-32H,4-7,13,22-23H2,1-3H3. The van der Waals surface area contributed by atoms with Gasteiger partial charge in [0.05, 0.1) is 13.7 Å². The zero-order valence-corrected chi connectivity index (χ0v) is 20.8. The van der Waals surface area contributed by atoms with Crippen LogP contribution in [0.25, 0.3) is 0 Å². The van der Waals surface area contributed by atoms with Crippen molar-refractivity contribution in [1.82, 2.24) is 5.32 Å². The highest BCUT2D eigenvalue weighted by Crippen LogP contribution is 2.46. The molecule has 3 aromatic carbocycles. The summed E-state index contributed by atoms with van der Waals surface area (Å²) in [6.07, 6.45) is 4.82. The van der Waals surface area contributed by atoms with Gasteiger partial charge in [-0.3, -0.25) is 0 Å². The lowest BCUT2D eigenvalue weighted by Gasteiger charge is -2.39. The lowest BCUT2D eigenvalue weighted by molar-refractivity contribution is 0.0465. The molecule has 0 fully saturated rings. The van der Waals surface area contributed by atoms with Gasteiger partial charge in [0.2, 0.25) is 0 Å². The number of rotatable bonds is 14. The smallest absolute Gasteiger partial charge is 0.126 e. The van der Waals surface area contributed by atoms with Gasteiger partial charge in [0, 0.05) is 18.0 Å². The maximum absolute atomic E-state index is 12.7. The molecule has 2 atom stereocenters. The number of aliphatic hydroxyl groups is 1. The zero-order valence-electron chi connectivity index (χ0n) is 20.8. The van der Waals surface area contributed by atoms with E-state index in [9.17, 15) is 5.11 Å². The number of ether oxygens (including phenoxy) is 2. The number of benzene rings is 3.